The van der Waals surface area contributed by atoms with E-state index in [-0.39, 0.29) is 5.91 Å². The largest absolute Gasteiger partial charge is 0.495 e. The molecule has 2 heterocycles. The number of fused-ring (bicyclic) bond motifs is 1. The maximum absolute atomic E-state index is 12.8. The van der Waals surface area contributed by atoms with E-state index in [0.29, 0.717) is 39.3 Å². The van der Waals surface area contributed by atoms with Gasteiger partial charge >= 0.3 is 0 Å². The van der Waals surface area contributed by atoms with Crippen LogP contribution in [0, 0.1) is 6.92 Å². The number of nitrogens with zero attached hydrogens (tertiary/aromatic N) is 4. The number of carbonyl (C=O) groups excluding carboxylic acids is 1. The normalized spacial score (nSPS) is 10.8. The molecule has 0 unspecified atom stereocenters. The summed E-state index contributed by atoms with van der Waals surface area (Å²) in [5.74, 6) is 1.96. The van der Waals surface area contributed by atoms with Gasteiger partial charge < -0.3 is 19.5 Å². The number of anilines is 1. The lowest BCUT2D eigenvalue weighted by Crippen LogP contribution is -2.13. The summed E-state index contributed by atoms with van der Waals surface area (Å²) in [5.41, 5.74) is 1.78. The Morgan fingerprint density at radius 3 is 2.40 bits per heavy atom. The summed E-state index contributed by atoms with van der Waals surface area (Å²) >= 11 is 1.41. The van der Waals surface area contributed by atoms with Gasteiger partial charge in [-0.15, -0.1) is 10.2 Å². The molecule has 1 amide bonds. The van der Waals surface area contributed by atoms with Crippen LogP contribution in [-0.4, -0.2) is 47.0 Å². The SMILES string of the molecule is COc1ccc(-c2nn3c(C)nnc3s2)cc1NC(=O)c1ccc(OC)c(OC)c1. The molecule has 0 fully saturated rings. The van der Waals surface area contributed by atoms with E-state index < -0.39 is 0 Å². The van der Waals surface area contributed by atoms with E-state index >= 15 is 0 Å². The van der Waals surface area contributed by atoms with E-state index in [1.165, 1.54) is 18.4 Å². The first-order valence-electron chi connectivity index (χ1n) is 8.94. The number of hydrogen-bond donors (Lipinski definition) is 1. The highest BCUT2D eigenvalue weighted by molar-refractivity contribution is 7.19. The van der Waals surface area contributed by atoms with Gasteiger partial charge in [0.05, 0.1) is 27.0 Å². The summed E-state index contributed by atoms with van der Waals surface area (Å²) in [5, 5.41) is 16.3. The molecule has 4 aromatic rings. The molecule has 0 aliphatic rings. The Balaban J connectivity index is 1.66. The molecule has 0 bridgehead atoms. The lowest BCUT2D eigenvalue weighted by atomic mass is 10.1. The van der Waals surface area contributed by atoms with Crippen LogP contribution in [0.15, 0.2) is 36.4 Å². The molecule has 0 aliphatic carbocycles. The molecule has 30 heavy (non-hydrogen) atoms. The molecule has 0 saturated carbocycles. The van der Waals surface area contributed by atoms with E-state index in [9.17, 15) is 4.79 Å². The number of methoxy groups -OCH3 is 3. The number of hydrogen-bond acceptors (Lipinski definition) is 8. The van der Waals surface area contributed by atoms with Crippen LogP contribution >= 0.6 is 11.3 Å². The van der Waals surface area contributed by atoms with Gasteiger partial charge in [0.2, 0.25) is 4.96 Å². The van der Waals surface area contributed by atoms with Gasteiger partial charge in [-0.1, -0.05) is 11.3 Å². The van der Waals surface area contributed by atoms with E-state index in [2.05, 4.69) is 20.6 Å². The van der Waals surface area contributed by atoms with Crippen LogP contribution in [0.2, 0.25) is 0 Å². The van der Waals surface area contributed by atoms with Gasteiger partial charge in [-0.25, -0.2) is 0 Å². The van der Waals surface area contributed by atoms with Crippen molar-refractivity contribution in [1.82, 2.24) is 19.8 Å². The second-order valence-electron chi connectivity index (χ2n) is 6.29. The van der Waals surface area contributed by atoms with Gasteiger partial charge in [-0.3, -0.25) is 4.79 Å². The lowest BCUT2D eigenvalue weighted by molar-refractivity contribution is 0.102. The smallest absolute Gasteiger partial charge is 0.255 e. The summed E-state index contributed by atoms with van der Waals surface area (Å²) in [6.07, 6.45) is 0. The number of aryl methyl sites for hydroxylation is 1. The number of ether oxygens (including phenoxy) is 3. The molecule has 2 aromatic carbocycles. The number of nitrogens with one attached hydrogen (secondary N) is 1. The molecule has 154 valence electrons. The number of rotatable bonds is 6. The van der Waals surface area contributed by atoms with Crippen molar-refractivity contribution in [2.24, 2.45) is 0 Å². The average molecular weight is 425 g/mol. The Kier molecular flexibility index (Phi) is 5.23. The van der Waals surface area contributed by atoms with Gasteiger partial charge in [-0.2, -0.15) is 9.61 Å². The van der Waals surface area contributed by atoms with Crippen molar-refractivity contribution in [3.63, 3.8) is 0 Å². The van der Waals surface area contributed by atoms with Crippen LogP contribution in [0.5, 0.6) is 17.2 Å². The first-order valence-corrected chi connectivity index (χ1v) is 9.76. The van der Waals surface area contributed by atoms with Gasteiger partial charge in [-0.05, 0) is 43.3 Å². The van der Waals surface area contributed by atoms with Crippen molar-refractivity contribution < 1.29 is 19.0 Å². The third-order valence-electron chi connectivity index (χ3n) is 4.49. The van der Waals surface area contributed by atoms with Gasteiger partial charge in [0, 0.05) is 11.1 Å². The van der Waals surface area contributed by atoms with Crippen LogP contribution in [-0.2, 0) is 0 Å². The molecule has 0 radical (unpaired) electrons. The Morgan fingerprint density at radius 1 is 0.967 bits per heavy atom. The first kappa shape index (κ1) is 19.6. The number of amides is 1. The first-order chi connectivity index (χ1) is 14.5. The van der Waals surface area contributed by atoms with Crippen LogP contribution in [0.3, 0.4) is 0 Å². The summed E-state index contributed by atoms with van der Waals surface area (Å²) in [7, 11) is 4.61. The zero-order valence-electron chi connectivity index (χ0n) is 16.8. The minimum atomic E-state index is -0.305. The zero-order chi connectivity index (χ0) is 21.3. The van der Waals surface area contributed by atoms with Crippen molar-refractivity contribution in [2.75, 3.05) is 26.6 Å². The van der Waals surface area contributed by atoms with Crippen molar-refractivity contribution >= 4 is 27.9 Å². The molecule has 0 saturated heterocycles. The van der Waals surface area contributed by atoms with Gasteiger partial charge in [0.1, 0.15) is 10.8 Å². The van der Waals surface area contributed by atoms with E-state index in [4.69, 9.17) is 14.2 Å². The molecule has 10 heteroatoms. The third kappa shape index (κ3) is 3.52. The summed E-state index contributed by atoms with van der Waals surface area (Å²) in [6, 6.07) is 10.5. The molecule has 2 aromatic heterocycles. The molecule has 1 N–H and O–H groups in total. The molecule has 0 atom stereocenters. The fraction of sp³-hybridized carbons (Fsp3) is 0.200. The minimum absolute atomic E-state index is 0.305. The topological polar surface area (TPSA) is 99.9 Å². The zero-order valence-corrected chi connectivity index (χ0v) is 17.6. The fourth-order valence-corrected chi connectivity index (χ4v) is 3.82. The summed E-state index contributed by atoms with van der Waals surface area (Å²) in [6.45, 7) is 1.84. The van der Waals surface area contributed by atoms with Crippen LogP contribution in [0.25, 0.3) is 15.5 Å². The lowest BCUT2D eigenvalue weighted by Gasteiger charge is -2.13. The monoisotopic (exact) mass is 425 g/mol. The maximum Gasteiger partial charge on any atom is 0.255 e. The highest BCUT2D eigenvalue weighted by Crippen LogP contribution is 2.34. The number of benzene rings is 2. The van der Waals surface area contributed by atoms with Crippen LogP contribution in [0.4, 0.5) is 5.69 Å². The number of carbonyl (C=O) groups is 1. The molecule has 0 aliphatic heterocycles. The van der Waals surface area contributed by atoms with Crippen LogP contribution < -0.4 is 19.5 Å². The maximum atomic E-state index is 12.8. The molecule has 9 nitrogen and oxygen atoms in total. The van der Waals surface area contributed by atoms with Gasteiger partial charge in [0.15, 0.2) is 17.3 Å². The van der Waals surface area contributed by atoms with Crippen molar-refractivity contribution in [3.8, 4) is 27.8 Å². The third-order valence-corrected chi connectivity index (χ3v) is 5.43. The van der Waals surface area contributed by atoms with Crippen molar-refractivity contribution in [2.45, 2.75) is 6.92 Å². The predicted octanol–water partition coefficient (Wildman–Crippen LogP) is 3.44. The average Bonchev–Trinajstić information content (AvgIpc) is 3.35. The fourth-order valence-electron chi connectivity index (χ4n) is 2.94. The Morgan fingerprint density at radius 2 is 1.70 bits per heavy atom. The molecular weight excluding hydrogens is 406 g/mol. The Labute approximate surface area is 176 Å². The molecular formula is C20H19N5O4S. The molecule has 0 spiro atoms. The van der Waals surface area contributed by atoms with Crippen molar-refractivity contribution in [1.29, 1.82) is 0 Å². The summed E-state index contributed by atoms with van der Waals surface area (Å²) < 4.78 is 17.6. The quantitative estimate of drug-likeness (QED) is 0.505. The molecule has 4 rings (SSSR count). The minimum Gasteiger partial charge on any atom is -0.495 e. The standard InChI is InChI=1S/C20H19N5O4S/c1-11-22-23-20-25(11)24-19(30-20)13-6-7-15(27-2)14(9-13)21-18(26)12-5-8-16(28-3)17(10-12)29-4/h5-10H,1-4H3,(H,21,26). The van der Waals surface area contributed by atoms with Crippen LogP contribution in [0.1, 0.15) is 16.2 Å². The van der Waals surface area contributed by atoms with E-state index in [0.717, 1.165) is 10.6 Å². The highest BCUT2D eigenvalue weighted by Gasteiger charge is 2.16. The summed E-state index contributed by atoms with van der Waals surface area (Å²) in [4.78, 5) is 13.5. The Hall–Kier alpha value is -3.66. The van der Waals surface area contributed by atoms with Gasteiger partial charge in [0.25, 0.3) is 5.91 Å². The van der Waals surface area contributed by atoms with Crippen molar-refractivity contribution in [3.05, 3.63) is 47.8 Å². The van der Waals surface area contributed by atoms with E-state index in [1.54, 1.807) is 43.0 Å². The second kappa shape index (κ2) is 7.99. The number of aromatic nitrogens is 4. The predicted molar refractivity (Wildman–Crippen MR) is 113 cm³/mol. The highest BCUT2D eigenvalue weighted by atomic mass is 32.1. The van der Waals surface area contributed by atoms with E-state index in [1.807, 2.05) is 19.1 Å². The Bertz CT molecular complexity index is 1230. The second-order valence-corrected chi connectivity index (χ2v) is 7.24.